The minimum atomic E-state index is -0.937. The topological polar surface area (TPSA) is 65.0 Å². The molecule has 3 unspecified atom stereocenters. The molecule has 1 saturated heterocycles. The van der Waals surface area contributed by atoms with Crippen molar-refractivity contribution >= 4 is 18.6 Å². The van der Waals surface area contributed by atoms with Gasteiger partial charge in [0.15, 0.2) is 0 Å². The van der Waals surface area contributed by atoms with Gasteiger partial charge in [-0.05, 0) is 69.4 Å². The first kappa shape index (κ1) is 21.4. The SMILES string of the molecule is CC1(C)OB(c2ccc(F)c(COc3ccc4c(c3)CC3C(C(=O)O)C43)c2F)OC1(C)C. The van der Waals surface area contributed by atoms with Gasteiger partial charge in [0.1, 0.15) is 24.0 Å². The van der Waals surface area contributed by atoms with Crippen molar-refractivity contribution in [2.45, 2.75) is 57.8 Å². The number of fused-ring (bicyclic) bond motifs is 3. The number of halogens is 2. The second-order valence-corrected chi connectivity index (χ2v) is 9.92. The Morgan fingerprint density at radius 3 is 2.50 bits per heavy atom. The van der Waals surface area contributed by atoms with Crippen LogP contribution in [-0.4, -0.2) is 29.4 Å². The van der Waals surface area contributed by atoms with Crippen LogP contribution in [0.15, 0.2) is 30.3 Å². The minimum absolute atomic E-state index is 0.0723. The van der Waals surface area contributed by atoms with Gasteiger partial charge >= 0.3 is 13.1 Å². The van der Waals surface area contributed by atoms with E-state index >= 15 is 4.39 Å². The van der Waals surface area contributed by atoms with Gasteiger partial charge < -0.3 is 19.2 Å². The summed E-state index contributed by atoms with van der Waals surface area (Å²) in [6.45, 7) is 7.20. The van der Waals surface area contributed by atoms with Gasteiger partial charge in [0.2, 0.25) is 0 Å². The second-order valence-electron chi connectivity index (χ2n) is 9.92. The van der Waals surface area contributed by atoms with Gasteiger partial charge in [-0.25, -0.2) is 8.78 Å². The Morgan fingerprint density at radius 2 is 1.84 bits per heavy atom. The second kappa shape index (κ2) is 7.02. The molecular formula is C24H25BF2O5. The third-order valence-corrected chi connectivity index (χ3v) is 7.49. The minimum Gasteiger partial charge on any atom is -0.489 e. The molecule has 0 aromatic heterocycles. The van der Waals surface area contributed by atoms with E-state index in [0.29, 0.717) is 12.2 Å². The van der Waals surface area contributed by atoms with Crippen molar-refractivity contribution in [3.63, 3.8) is 0 Å². The molecule has 2 fully saturated rings. The molecule has 2 aromatic rings. The average molecular weight is 442 g/mol. The number of ether oxygens (including phenoxy) is 1. The molecule has 1 heterocycles. The van der Waals surface area contributed by atoms with Gasteiger partial charge in [0, 0.05) is 11.4 Å². The fourth-order valence-corrected chi connectivity index (χ4v) is 4.87. The third kappa shape index (κ3) is 3.23. The van der Waals surface area contributed by atoms with Crippen LogP contribution in [0.3, 0.4) is 0 Å². The Hall–Kier alpha value is -2.45. The summed E-state index contributed by atoms with van der Waals surface area (Å²) < 4.78 is 47.3. The fourth-order valence-electron chi connectivity index (χ4n) is 4.87. The predicted octanol–water partition coefficient (Wildman–Crippen LogP) is 3.81. The maximum Gasteiger partial charge on any atom is 0.497 e. The standard InChI is InChI=1S/C24H25BF2O5/c1-23(2)24(3,4)32-25(31-23)17-7-8-18(26)16(21(17)27)11-30-13-5-6-14-12(9-13)10-15-19(14)20(15)22(28)29/h5-9,15,19-20H,10-11H2,1-4H3,(H,28,29). The van der Waals surface area contributed by atoms with Crippen LogP contribution in [0, 0.1) is 23.5 Å². The quantitative estimate of drug-likeness (QED) is 0.714. The highest BCUT2D eigenvalue weighted by Gasteiger charge is 2.59. The summed E-state index contributed by atoms with van der Waals surface area (Å²) in [5.74, 6) is -1.78. The van der Waals surface area contributed by atoms with Crippen molar-refractivity contribution in [2.75, 3.05) is 0 Å². The van der Waals surface area contributed by atoms with E-state index in [1.807, 2.05) is 39.8 Å². The van der Waals surface area contributed by atoms with Crippen LogP contribution in [0.2, 0.25) is 0 Å². The van der Waals surface area contributed by atoms with E-state index in [-0.39, 0.29) is 35.4 Å². The van der Waals surface area contributed by atoms with Gasteiger partial charge in [0.05, 0.1) is 22.7 Å². The molecule has 3 atom stereocenters. The number of hydrogen-bond acceptors (Lipinski definition) is 4. The first-order valence-corrected chi connectivity index (χ1v) is 10.8. The lowest BCUT2D eigenvalue weighted by molar-refractivity contribution is -0.139. The fraction of sp³-hybridized carbons (Fsp3) is 0.458. The van der Waals surface area contributed by atoms with Crippen LogP contribution >= 0.6 is 0 Å². The van der Waals surface area contributed by atoms with Crippen molar-refractivity contribution in [1.29, 1.82) is 0 Å². The molecule has 0 bridgehead atoms. The van der Waals surface area contributed by atoms with Crippen molar-refractivity contribution in [3.05, 3.63) is 58.7 Å². The number of hydrogen-bond donors (Lipinski definition) is 1. The molecule has 5 rings (SSSR count). The molecule has 32 heavy (non-hydrogen) atoms. The van der Waals surface area contributed by atoms with Crippen LogP contribution in [0.5, 0.6) is 5.75 Å². The summed E-state index contributed by atoms with van der Waals surface area (Å²) in [5.41, 5.74) is 0.750. The third-order valence-electron chi connectivity index (χ3n) is 7.49. The molecule has 2 aromatic carbocycles. The molecule has 8 heteroatoms. The number of carboxylic acids is 1. The first-order valence-electron chi connectivity index (χ1n) is 10.8. The molecule has 3 aliphatic rings. The Balaban J connectivity index is 1.33. The van der Waals surface area contributed by atoms with Crippen LogP contribution in [0.1, 0.15) is 50.3 Å². The van der Waals surface area contributed by atoms with E-state index in [4.69, 9.17) is 14.0 Å². The van der Waals surface area contributed by atoms with Gasteiger partial charge in [-0.3, -0.25) is 4.79 Å². The largest absolute Gasteiger partial charge is 0.497 e. The summed E-state index contributed by atoms with van der Waals surface area (Å²) >= 11 is 0. The monoisotopic (exact) mass is 442 g/mol. The molecule has 1 aliphatic heterocycles. The Kier molecular flexibility index (Phi) is 4.70. The first-order chi connectivity index (χ1) is 15.0. The zero-order valence-corrected chi connectivity index (χ0v) is 18.4. The maximum absolute atomic E-state index is 15.3. The van der Waals surface area contributed by atoms with Crippen LogP contribution in [-0.2, 0) is 27.1 Å². The van der Waals surface area contributed by atoms with Crippen molar-refractivity contribution < 1.29 is 32.7 Å². The van der Waals surface area contributed by atoms with Crippen molar-refractivity contribution in [1.82, 2.24) is 0 Å². The summed E-state index contributed by atoms with van der Waals surface area (Å²) in [5, 5.41) is 9.25. The molecule has 0 radical (unpaired) electrons. The highest BCUT2D eigenvalue weighted by atomic mass is 19.1. The molecule has 2 aliphatic carbocycles. The molecule has 0 spiro atoms. The summed E-state index contributed by atoms with van der Waals surface area (Å²) in [6, 6.07) is 7.98. The summed E-state index contributed by atoms with van der Waals surface area (Å²) in [7, 11) is -0.937. The van der Waals surface area contributed by atoms with Gasteiger partial charge in [0.25, 0.3) is 0 Å². The molecule has 1 N–H and O–H groups in total. The molecule has 5 nitrogen and oxygen atoms in total. The normalized spacial score (nSPS) is 26.6. The highest BCUT2D eigenvalue weighted by molar-refractivity contribution is 6.62. The molecular weight excluding hydrogens is 417 g/mol. The Bertz CT molecular complexity index is 1100. The van der Waals surface area contributed by atoms with Gasteiger partial charge in [-0.15, -0.1) is 0 Å². The van der Waals surface area contributed by atoms with E-state index in [0.717, 1.165) is 11.1 Å². The number of rotatable bonds is 5. The molecule has 168 valence electrons. The summed E-state index contributed by atoms with van der Waals surface area (Å²) in [4.78, 5) is 11.3. The van der Waals surface area contributed by atoms with E-state index in [9.17, 15) is 14.3 Å². The van der Waals surface area contributed by atoms with E-state index in [1.165, 1.54) is 12.1 Å². The van der Waals surface area contributed by atoms with E-state index in [2.05, 4.69) is 0 Å². The van der Waals surface area contributed by atoms with E-state index in [1.54, 1.807) is 6.07 Å². The predicted molar refractivity (Wildman–Crippen MR) is 114 cm³/mol. The lowest BCUT2D eigenvalue weighted by atomic mass is 9.77. The number of aliphatic carboxylic acids is 1. The van der Waals surface area contributed by atoms with Crippen molar-refractivity contribution in [2.24, 2.45) is 11.8 Å². The number of benzene rings is 2. The van der Waals surface area contributed by atoms with Crippen LogP contribution in [0.25, 0.3) is 0 Å². The zero-order valence-electron chi connectivity index (χ0n) is 18.4. The highest BCUT2D eigenvalue weighted by Crippen LogP contribution is 2.61. The number of carbonyl (C=O) groups is 1. The molecule has 0 amide bonds. The average Bonchev–Trinajstić information content (AvgIpc) is 3.21. The van der Waals surface area contributed by atoms with E-state index < -0.39 is 35.9 Å². The molecule has 1 saturated carbocycles. The van der Waals surface area contributed by atoms with Crippen molar-refractivity contribution in [3.8, 4) is 5.75 Å². The summed E-state index contributed by atoms with van der Waals surface area (Å²) in [6.07, 6.45) is 0.689. The maximum atomic E-state index is 15.3. The Morgan fingerprint density at radius 1 is 1.16 bits per heavy atom. The lowest BCUT2D eigenvalue weighted by Gasteiger charge is -2.32. The van der Waals surface area contributed by atoms with Gasteiger partial charge in [-0.1, -0.05) is 12.1 Å². The van der Waals surface area contributed by atoms with Gasteiger partial charge in [-0.2, -0.15) is 0 Å². The lowest BCUT2D eigenvalue weighted by Crippen LogP contribution is -2.41. The van der Waals surface area contributed by atoms with Crippen LogP contribution in [0.4, 0.5) is 8.78 Å². The zero-order chi connectivity index (χ0) is 23.0. The Labute approximate surface area is 185 Å². The smallest absolute Gasteiger partial charge is 0.489 e. The van der Waals surface area contributed by atoms with Crippen LogP contribution < -0.4 is 10.2 Å². The number of carboxylic acid groups (broad SMARTS) is 1.